The van der Waals surface area contributed by atoms with E-state index in [2.05, 4.69) is 36.3 Å². The highest BCUT2D eigenvalue weighted by atomic mass is 79.9. The Morgan fingerprint density at radius 1 is 1.19 bits per heavy atom. The molecule has 0 aliphatic carbocycles. The summed E-state index contributed by atoms with van der Waals surface area (Å²) >= 11 is 3.36. The zero-order chi connectivity index (χ0) is 14.8. The van der Waals surface area contributed by atoms with E-state index in [1.807, 2.05) is 37.3 Å². The van der Waals surface area contributed by atoms with Gasteiger partial charge < -0.3 is 10.2 Å². The SMILES string of the molecule is Cc1ccc2cccc(Oc3ncnc(NN)c3Br)c2n1. The van der Waals surface area contributed by atoms with Crippen LogP contribution < -0.4 is 16.0 Å². The van der Waals surface area contributed by atoms with Gasteiger partial charge in [0, 0.05) is 11.1 Å². The highest BCUT2D eigenvalue weighted by Crippen LogP contribution is 2.34. The molecule has 21 heavy (non-hydrogen) atoms. The fourth-order valence-electron chi connectivity index (χ4n) is 1.93. The maximum atomic E-state index is 5.86. The maximum absolute atomic E-state index is 5.86. The van der Waals surface area contributed by atoms with E-state index >= 15 is 0 Å². The van der Waals surface area contributed by atoms with E-state index in [1.54, 1.807) is 0 Å². The number of nitrogens with zero attached hydrogens (tertiary/aromatic N) is 3. The molecule has 106 valence electrons. The van der Waals surface area contributed by atoms with Gasteiger partial charge in [0.15, 0.2) is 11.6 Å². The second kappa shape index (κ2) is 5.63. The van der Waals surface area contributed by atoms with Crippen LogP contribution in [-0.4, -0.2) is 15.0 Å². The van der Waals surface area contributed by atoms with E-state index in [-0.39, 0.29) is 0 Å². The average molecular weight is 346 g/mol. The Kier molecular flexibility index (Phi) is 3.68. The molecule has 0 atom stereocenters. The van der Waals surface area contributed by atoms with Crippen LogP contribution in [0.15, 0.2) is 41.1 Å². The molecule has 0 unspecified atom stereocenters. The van der Waals surface area contributed by atoms with Gasteiger partial charge in [-0.2, -0.15) is 0 Å². The number of hydrogen-bond donors (Lipinski definition) is 2. The normalized spacial score (nSPS) is 10.6. The molecule has 0 amide bonds. The number of nitrogens with two attached hydrogens (primary N) is 1. The van der Waals surface area contributed by atoms with Crippen molar-refractivity contribution in [2.24, 2.45) is 5.84 Å². The molecule has 0 aliphatic heterocycles. The quantitative estimate of drug-likeness (QED) is 0.560. The van der Waals surface area contributed by atoms with Gasteiger partial charge in [-0.3, -0.25) is 0 Å². The van der Waals surface area contributed by atoms with Crippen molar-refractivity contribution in [2.75, 3.05) is 5.43 Å². The van der Waals surface area contributed by atoms with Crippen LogP contribution in [0.1, 0.15) is 5.69 Å². The molecule has 2 heterocycles. The standard InChI is InChI=1S/C14H12BrN5O/c1-8-5-6-9-3-2-4-10(12(9)19-8)21-14-11(15)13(20-16)17-7-18-14/h2-7H,16H2,1H3,(H,17,18,20). The van der Waals surface area contributed by atoms with Gasteiger partial charge in [0.1, 0.15) is 16.3 Å². The molecule has 3 aromatic rings. The van der Waals surface area contributed by atoms with Crippen LogP contribution in [0.3, 0.4) is 0 Å². The van der Waals surface area contributed by atoms with Crippen molar-refractivity contribution in [3.8, 4) is 11.6 Å². The molecule has 3 N–H and O–H groups in total. The van der Waals surface area contributed by atoms with Crippen LogP contribution in [0.4, 0.5) is 5.82 Å². The van der Waals surface area contributed by atoms with Gasteiger partial charge in [0.2, 0.25) is 5.88 Å². The van der Waals surface area contributed by atoms with Crippen molar-refractivity contribution in [1.29, 1.82) is 0 Å². The summed E-state index contributed by atoms with van der Waals surface area (Å²) in [5.41, 5.74) is 4.18. The van der Waals surface area contributed by atoms with E-state index in [0.29, 0.717) is 21.9 Å². The molecule has 0 aliphatic rings. The van der Waals surface area contributed by atoms with Gasteiger partial charge in [0.25, 0.3) is 0 Å². The highest BCUT2D eigenvalue weighted by molar-refractivity contribution is 9.10. The Morgan fingerprint density at radius 2 is 2.05 bits per heavy atom. The fraction of sp³-hybridized carbons (Fsp3) is 0.0714. The molecule has 0 spiro atoms. The number of fused-ring (bicyclic) bond motifs is 1. The minimum atomic E-state index is 0.369. The van der Waals surface area contributed by atoms with Crippen LogP contribution >= 0.6 is 15.9 Å². The topological polar surface area (TPSA) is 86.0 Å². The average Bonchev–Trinajstić information content (AvgIpc) is 2.50. The summed E-state index contributed by atoms with van der Waals surface area (Å²) in [5.74, 6) is 6.83. The number of aryl methyl sites for hydroxylation is 1. The number of halogens is 1. The first-order valence-electron chi connectivity index (χ1n) is 6.20. The van der Waals surface area contributed by atoms with E-state index in [4.69, 9.17) is 10.6 Å². The van der Waals surface area contributed by atoms with E-state index in [9.17, 15) is 0 Å². The van der Waals surface area contributed by atoms with Gasteiger partial charge >= 0.3 is 0 Å². The number of hydrazine groups is 1. The van der Waals surface area contributed by atoms with Crippen molar-refractivity contribution >= 4 is 32.7 Å². The minimum Gasteiger partial charge on any atom is -0.435 e. The zero-order valence-electron chi connectivity index (χ0n) is 11.2. The molecule has 1 aromatic carbocycles. The van der Waals surface area contributed by atoms with Crippen LogP contribution in [-0.2, 0) is 0 Å². The first kappa shape index (κ1) is 13.7. The number of benzene rings is 1. The monoisotopic (exact) mass is 345 g/mol. The maximum Gasteiger partial charge on any atom is 0.239 e. The summed E-state index contributed by atoms with van der Waals surface area (Å²) in [6, 6.07) is 9.71. The Morgan fingerprint density at radius 3 is 2.86 bits per heavy atom. The third-order valence-corrected chi connectivity index (χ3v) is 3.64. The summed E-state index contributed by atoms with van der Waals surface area (Å²) in [7, 11) is 0. The van der Waals surface area contributed by atoms with Crippen LogP contribution in [0.5, 0.6) is 11.6 Å². The Hall–Kier alpha value is -2.25. The Balaban J connectivity index is 2.08. The molecule has 3 rings (SSSR count). The Bertz CT molecular complexity index is 808. The number of pyridine rings is 1. The number of para-hydroxylation sites is 1. The number of nitrogens with one attached hydrogen (secondary N) is 1. The number of anilines is 1. The third kappa shape index (κ3) is 2.65. The number of hydrogen-bond acceptors (Lipinski definition) is 6. The zero-order valence-corrected chi connectivity index (χ0v) is 12.8. The van der Waals surface area contributed by atoms with Crippen LogP contribution in [0, 0.1) is 6.92 Å². The molecule has 2 aromatic heterocycles. The Labute approximate surface area is 129 Å². The van der Waals surface area contributed by atoms with Crippen molar-refractivity contribution < 1.29 is 4.74 Å². The summed E-state index contributed by atoms with van der Waals surface area (Å²) in [6.07, 6.45) is 1.37. The number of rotatable bonds is 3. The van der Waals surface area contributed by atoms with Crippen molar-refractivity contribution in [1.82, 2.24) is 15.0 Å². The summed E-state index contributed by atoms with van der Waals surface area (Å²) in [5, 5.41) is 1.00. The lowest BCUT2D eigenvalue weighted by Gasteiger charge is -2.10. The van der Waals surface area contributed by atoms with Gasteiger partial charge in [0.05, 0.1) is 0 Å². The molecular weight excluding hydrogens is 334 g/mol. The van der Waals surface area contributed by atoms with E-state index in [1.165, 1.54) is 6.33 Å². The predicted octanol–water partition coefficient (Wildman–Crippen LogP) is 3.17. The number of nitrogen functional groups attached to an aromatic ring is 1. The molecule has 0 fully saturated rings. The molecular formula is C14H12BrN5O. The van der Waals surface area contributed by atoms with Crippen LogP contribution in [0.25, 0.3) is 10.9 Å². The summed E-state index contributed by atoms with van der Waals surface area (Å²) in [4.78, 5) is 12.6. The molecule has 0 saturated heterocycles. The van der Waals surface area contributed by atoms with E-state index in [0.717, 1.165) is 16.6 Å². The third-order valence-electron chi connectivity index (χ3n) is 2.92. The lowest BCUT2D eigenvalue weighted by Crippen LogP contribution is -2.09. The lowest BCUT2D eigenvalue weighted by atomic mass is 10.2. The van der Waals surface area contributed by atoms with E-state index < -0.39 is 0 Å². The fourth-order valence-corrected chi connectivity index (χ4v) is 2.33. The van der Waals surface area contributed by atoms with Gasteiger partial charge in [-0.05, 0) is 35.0 Å². The molecule has 0 radical (unpaired) electrons. The highest BCUT2D eigenvalue weighted by Gasteiger charge is 2.12. The summed E-state index contributed by atoms with van der Waals surface area (Å²) in [6.45, 7) is 1.94. The largest absolute Gasteiger partial charge is 0.435 e. The van der Waals surface area contributed by atoms with Crippen molar-refractivity contribution in [2.45, 2.75) is 6.92 Å². The number of ether oxygens (including phenoxy) is 1. The van der Waals surface area contributed by atoms with Gasteiger partial charge in [-0.1, -0.05) is 18.2 Å². The first-order chi connectivity index (χ1) is 10.2. The van der Waals surface area contributed by atoms with Gasteiger partial charge in [-0.25, -0.2) is 20.8 Å². The molecule has 6 nitrogen and oxygen atoms in total. The molecule has 0 saturated carbocycles. The molecule has 0 bridgehead atoms. The first-order valence-corrected chi connectivity index (χ1v) is 6.99. The van der Waals surface area contributed by atoms with Crippen LogP contribution in [0.2, 0.25) is 0 Å². The second-order valence-corrected chi connectivity index (χ2v) is 5.16. The van der Waals surface area contributed by atoms with Crippen molar-refractivity contribution in [3.63, 3.8) is 0 Å². The lowest BCUT2D eigenvalue weighted by molar-refractivity contribution is 0.462. The second-order valence-electron chi connectivity index (χ2n) is 4.37. The minimum absolute atomic E-state index is 0.369. The number of aromatic nitrogens is 3. The van der Waals surface area contributed by atoms with Gasteiger partial charge in [-0.15, -0.1) is 0 Å². The molecule has 7 heteroatoms. The van der Waals surface area contributed by atoms with Crippen molar-refractivity contribution in [3.05, 3.63) is 46.8 Å². The summed E-state index contributed by atoms with van der Waals surface area (Å²) < 4.78 is 6.42. The smallest absolute Gasteiger partial charge is 0.239 e. The predicted molar refractivity (Wildman–Crippen MR) is 84.1 cm³/mol.